The molecule has 0 aromatic heterocycles. The molecule has 0 saturated heterocycles. The van der Waals surface area contributed by atoms with Gasteiger partial charge >= 0.3 is 5.97 Å². The lowest BCUT2D eigenvalue weighted by Crippen LogP contribution is -2.13. The Morgan fingerprint density at radius 3 is 2.58 bits per heavy atom. The number of carbonyl (C=O) groups excluding carboxylic acids is 2. The van der Waals surface area contributed by atoms with Crippen molar-refractivity contribution >= 4 is 12.3 Å². The van der Waals surface area contributed by atoms with Crippen molar-refractivity contribution in [1.82, 2.24) is 0 Å². The van der Waals surface area contributed by atoms with E-state index in [1.807, 2.05) is 0 Å². The molecule has 0 heterocycles. The standard InChI is InChI=1S/C9H14O3/c1-7(2)12-9(11)8(3)5-4-6-10/h6-7H,3-5H2,1-2H3. The van der Waals surface area contributed by atoms with Gasteiger partial charge in [-0.25, -0.2) is 4.79 Å². The highest BCUT2D eigenvalue weighted by Crippen LogP contribution is 2.04. The van der Waals surface area contributed by atoms with E-state index in [9.17, 15) is 9.59 Å². The Bertz CT molecular complexity index is 182. The van der Waals surface area contributed by atoms with Gasteiger partial charge in [0.15, 0.2) is 0 Å². The minimum atomic E-state index is -0.410. The summed E-state index contributed by atoms with van der Waals surface area (Å²) in [6, 6.07) is 0. The maximum atomic E-state index is 11.0. The molecule has 0 aliphatic rings. The first kappa shape index (κ1) is 10.9. The molecule has 68 valence electrons. The maximum absolute atomic E-state index is 11.0. The lowest BCUT2D eigenvalue weighted by molar-refractivity contribution is -0.142. The van der Waals surface area contributed by atoms with Gasteiger partial charge in [0.1, 0.15) is 6.29 Å². The van der Waals surface area contributed by atoms with Gasteiger partial charge in [0, 0.05) is 12.0 Å². The third-order valence-electron chi connectivity index (χ3n) is 1.20. The first-order valence-electron chi connectivity index (χ1n) is 3.90. The van der Waals surface area contributed by atoms with Gasteiger partial charge in [-0.15, -0.1) is 0 Å². The Morgan fingerprint density at radius 2 is 2.17 bits per heavy atom. The molecule has 0 spiro atoms. The summed E-state index contributed by atoms with van der Waals surface area (Å²) >= 11 is 0. The van der Waals surface area contributed by atoms with Crippen LogP contribution in [0.5, 0.6) is 0 Å². The average Bonchev–Trinajstić information content (AvgIpc) is 1.98. The van der Waals surface area contributed by atoms with Crippen LogP contribution in [0.1, 0.15) is 26.7 Å². The molecule has 0 radical (unpaired) electrons. The molecule has 0 aliphatic heterocycles. The molecule has 0 rings (SSSR count). The van der Waals surface area contributed by atoms with Crippen LogP contribution < -0.4 is 0 Å². The summed E-state index contributed by atoms with van der Waals surface area (Å²) in [6.07, 6.45) is 1.33. The summed E-state index contributed by atoms with van der Waals surface area (Å²) in [4.78, 5) is 21.0. The number of hydrogen-bond acceptors (Lipinski definition) is 3. The van der Waals surface area contributed by atoms with Crippen LogP contribution in [0, 0.1) is 0 Å². The summed E-state index contributed by atoms with van der Waals surface area (Å²) in [7, 11) is 0. The summed E-state index contributed by atoms with van der Waals surface area (Å²) < 4.78 is 4.85. The van der Waals surface area contributed by atoms with Crippen LogP contribution in [0.3, 0.4) is 0 Å². The second-order valence-corrected chi connectivity index (χ2v) is 2.76. The molecule has 3 heteroatoms. The highest BCUT2D eigenvalue weighted by atomic mass is 16.5. The van der Waals surface area contributed by atoms with E-state index in [1.165, 1.54) is 0 Å². The fraction of sp³-hybridized carbons (Fsp3) is 0.556. The van der Waals surface area contributed by atoms with Crippen LogP contribution in [0.2, 0.25) is 0 Å². The molecule has 0 unspecified atom stereocenters. The average molecular weight is 170 g/mol. The molecule has 0 aromatic carbocycles. The van der Waals surface area contributed by atoms with Crippen molar-refractivity contribution in [3.8, 4) is 0 Å². The van der Waals surface area contributed by atoms with Gasteiger partial charge in [-0.1, -0.05) is 6.58 Å². The Morgan fingerprint density at radius 1 is 1.58 bits per heavy atom. The van der Waals surface area contributed by atoms with Crippen molar-refractivity contribution in [1.29, 1.82) is 0 Å². The van der Waals surface area contributed by atoms with E-state index in [0.29, 0.717) is 18.4 Å². The third-order valence-corrected chi connectivity index (χ3v) is 1.20. The molecule has 0 bridgehead atoms. The molecule has 0 fully saturated rings. The Balaban J connectivity index is 3.77. The molecule has 0 aliphatic carbocycles. The van der Waals surface area contributed by atoms with Crippen LogP contribution >= 0.6 is 0 Å². The summed E-state index contributed by atoms with van der Waals surface area (Å²) in [5.41, 5.74) is 0.357. The Hall–Kier alpha value is -1.12. The van der Waals surface area contributed by atoms with E-state index in [2.05, 4.69) is 6.58 Å². The van der Waals surface area contributed by atoms with Gasteiger partial charge in [0.25, 0.3) is 0 Å². The van der Waals surface area contributed by atoms with Crippen molar-refractivity contribution in [3.05, 3.63) is 12.2 Å². The van der Waals surface area contributed by atoms with E-state index in [-0.39, 0.29) is 6.10 Å². The quantitative estimate of drug-likeness (QED) is 0.356. The van der Waals surface area contributed by atoms with Gasteiger partial charge < -0.3 is 9.53 Å². The Kier molecular flexibility index (Phi) is 5.00. The van der Waals surface area contributed by atoms with Gasteiger partial charge in [-0.3, -0.25) is 0 Å². The van der Waals surface area contributed by atoms with Crippen molar-refractivity contribution in [3.63, 3.8) is 0 Å². The molecular formula is C9H14O3. The molecule has 0 aromatic rings. The van der Waals surface area contributed by atoms with E-state index in [1.54, 1.807) is 13.8 Å². The van der Waals surface area contributed by atoms with Crippen LogP contribution in [0.15, 0.2) is 12.2 Å². The third kappa shape index (κ3) is 4.66. The zero-order chi connectivity index (χ0) is 9.56. The van der Waals surface area contributed by atoms with E-state index >= 15 is 0 Å². The second kappa shape index (κ2) is 5.52. The topological polar surface area (TPSA) is 43.4 Å². The highest BCUT2D eigenvalue weighted by Gasteiger charge is 2.09. The van der Waals surface area contributed by atoms with Gasteiger partial charge in [0.05, 0.1) is 6.10 Å². The zero-order valence-corrected chi connectivity index (χ0v) is 7.50. The lowest BCUT2D eigenvalue weighted by atomic mass is 10.2. The molecule has 0 atom stereocenters. The predicted octanol–water partition coefficient (Wildman–Crippen LogP) is 1.47. The van der Waals surface area contributed by atoms with Crippen LogP contribution in [0.25, 0.3) is 0 Å². The number of rotatable bonds is 5. The van der Waals surface area contributed by atoms with Gasteiger partial charge in [0.2, 0.25) is 0 Å². The van der Waals surface area contributed by atoms with Crippen molar-refractivity contribution in [2.45, 2.75) is 32.8 Å². The van der Waals surface area contributed by atoms with Crippen molar-refractivity contribution in [2.75, 3.05) is 0 Å². The first-order chi connectivity index (χ1) is 5.57. The van der Waals surface area contributed by atoms with Crippen LogP contribution in [-0.4, -0.2) is 18.4 Å². The van der Waals surface area contributed by atoms with E-state index in [0.717, 1.165) is 6.29 Å². The van der Waals surface area contributed by atoms with E-state index in [4.69, 9.17) is 4.74 Å². The van der Waals surface area contributed by atoms with E-state index < -0.39 is 5.97 Å². The number of aldehydes is 1. The predicted molar refractivity (Wildman–Crippen MR) is 45.7 cm³/mol. The molecule has 0 saturated carbocycles. The molecular weight excluding hydrogens is 156 g/mol. The SMILES string of the molecule is C=C(CCC=O)C(=O)OC(C)C. The fourth-order valence-electron chi connectivity index (χ4n) is 0.633. The molecule has 0 amide bonds. The number of hydrogen-bond donors (Lipinski definition) is 0. The number of ether oxygens (including phenoxy) is 1. The first-order valence-corrected chi connectivity index (χ1v) is 3.90. The van der Waals surface area contributed by atoms with Gasteiger partial charge in [-0.05, 0) is 20.3 Å². The second-order valence-electron chi connectivity index (χ2n) is 2.76. The summed E-state index contributed by atoms with van der Waals surface area (Å²) in [5, 5.41) is 0. The Labute approximate surface area is 72.4 Å². The monoisotopic (exact) mass is 170 g/mol. The minimum Gasteiger partial charge on any atom is -0.460 e. The zero-order valence-electron chi connectivity index (χ0n) is 7.50. The normalized spacial score (nSPS) is 9.58. The van der Waals surface area contributed by atoms with Crippen molar-refractivity contribution < 1.29 is 14.3 Å². The number of esters is 1. The summed E-state index contributed by atoms with van der Waals surface area (Å²) in [5.74, 6) is -0.410. The molecule has 3 nitrogen and oxygen atoms in total. The highest BCUT2D eigenvalue weighted by molar-refractivity contribution is 5.88. The smallest absolute Gasteiger partial charge is 0.333 e. The molecule has 12 heavy (non-hydrogen) atoms. The minimum absolute atomic E-state index is 0.134. The largest absolute Gasteiger partial charge is 0.460 e. The lowest BCUT2D eigenvalue weighted by Gasteiger charge is -2.08. The van der Waals surface area contributed by atoms with Crippen LogP contribution in [0.4, 0.5) is 0 Å². The van der Waals surface area contributed by atoms with Crippen molar-refractivity contribution in [2.24, 2.45) is 0 Å². The van der Waals surface area contributed by atoms with Crippen LogP contribution in [-0.2, 0) is 14.3 Å². The summed E-state index contributed by atoms with van der Waals surface area (Å²) in [6.45, 7) is 7.05. The van der Waals surface area contributed by atoms with Gasteiger partial charge in [-0.2, -0.15) is 0 Å². The fourth-order valence-corrected chi connectivity index (χ4v) is 0.633. The number of carbonyl (C=O) groups is 2. The maximum Gasteiger partial charge on any atom is 0.333 e. The molecule has 0 N–H and O–H groups in total.